The summed E-state index contributed by atoms with van der Waals surface area (Å²) in [7, 11) is 0. The maximum atomic E-state index is 4.78. The summed E-state index contributed by atoms with van der Waals surface area (Å²) in [5.41, 5.74) is 13.6. The van der Waals surface area contributed by atoms with Crippen molar-refractivity contribution in [2.45, 2.75) is 19.3 Å². The van der Waals surface area contributed by atoms with Crippen LogP contribution in [0.2, 0.25) is 0 Å². The van der Waals surface area contributed by atoms with Crippen LogP contribution in [0.25, 0.3) is 44.8 Å². The Balaban J connectivity index is 1.14. The molecule has 2 aliphatic rings. The maximum absolute atomic E-state index is 4.78. The molecule has 0 fully saturated rings. The van der Waals surface area contributed by atoms with Crippen molar-refractivity contribution < 1.29 is 0 Å². The van der Waals surface area contributed by atoms with Gasteiger partial charge in [-0.05, 0) is 113 Å². The van der Waals surface area contributed by atoms with Crippen LogP contribution in [-0.4, -0.2) is 22.7 Å². The molecule has 6 aromatic rings. The molecule has 0 saturated carbocycles. The summed E-state index contributed by atoms with van der Waals surface area (Å²) >= 11 is 0. The fourth-order valence-corrected chi connectivity index (χ4v) is 6.51. The van der Waals surface area contributed by atoms with Gasteiger partial charge in [-0.1, -0.05) is 91.1 Å². The predicted octanol–water partition coefficient (Wildman–Crippen LogP) is 11.4. The number of aromatic nitrogens is 2. The fourth-order valence-electron chi connectivity index (χ4n) is 6.51. The van der Waals surface area contributed by atoms with E-state index >= 15 is 0 Å². The van der Waals surface area contributed by atoms with Gasteiger partial charge in [0.1, 0.15) is 0 Å². The standard InChI is InChI=1S/C45H36N4/c1-2-4-10-39(31-46-27-7-3-1)34-15-22-42(23-16-34)49(41-20-13-33(14-21-41)36-19-26-45-38(29-36)11-8-28-47-45)43-24-17-35(18-25-43)40-30-37-9-5-6-12-44(37)48-32-40/h1-3,5,7-11,13-26,28-32H,4,6,12,27H2/b2-1-,7-3-,39-10?,46-31?. The lowest BCUT2D eigenvalue weighted by atomic mass is 9.98. The van der Waals surface area contributed by atoms with Gasteiger partial charge in [-0.15, -0.1) is 0 Å². The fraction of sp³-hybridized carbons (Fsp3) is 0.0889. The van der Waals surface area contributed by atoms with E-state index in [1.807, 2.05) is 24.7 Å². The van der Waals surface area contributed by atoms with Crippen molar-refractivity contribution in [1.29, 1.82) is 0 Å². The van der Waals surface area contributed by atoms with Crippen LogP contribution in [0, 0.1) is 0 Å². The van der Waals surface area contributed by atoms with E-state index in [-0.39, 0.29) is 0 Å². The third-order valence-electron chi connectivity index (χ3n) is 9.13. The van der Waals surface area contributed by atoms with Gasteiger partial charge in [-0.2, -0.15) is 0 Å². The molecule has 0 atom stereocenters. The van der Waals surface area contributed by atoms with Crippen molar-refractivity contribution in [2.75, 3.05) is 11.4 Å². The minimum absolute atomic E-state index is 0.674. The van der Waals surface area contributed by atoms with Crippen LogP contribution >= 0.6 is 0 Å². The molecule has 1 aliphatic heterocycles. The Bertz CT molecular complexity index is 2250. The van der Waals surface area contributed by atoms with Crippen LogP contribution < -0.4 is 4.90 Å². The van der Waals surface area contributed by atoms with Gasteiger partial charge in [0.25, 0.3) is 0 Å². The first-order valence-electron chi connectivity index (χ1n) is 16.9. The quantitative estimate of drug-likeness (QED) is 0.183. The lowest BCUT2D eigenvalue weighted by molar-refractivity contribution is 0.928. The highest BCUT2D eigenvalue weighted by molar-refractivity contribution is 6.10. The molecular formula is C45H36N4. The van der Waals surface area contributed by atoms with Crippen molar-refractivity contribution in [3.63, 3.8) is 0 Å². The second-order valence-electron chi connectivity index (χ2n) is 12.3. The second-order valence-corrected chi connectivity index (χ2v) is 12.3. The molecule has 3 heterocycles. The van der Waals surface area contributed by atoms with E-state index in [0.29, 0.717) is 6.54 Å². The number of pyridine rings is 2. The molecule has 49 heavy (non-hydrogen) atoms. The SMILES string of the molecule is C1=Cc2cc(-c3ccc(N(c4ccc(C5=CC/C=C\C=C/CN=C5)cc4)c4ccc(-c5ccc6ncccc6c5)cc4)cc3)cnc2CC1. The summed E-state index contributed by atoms with van der Waals surface area (Å²) in [6.07, 6.45) is 23.8. The molecule has 0 radical (unpaired) electrons. The molecule has 4 aromatic carbocycles. The molecule has 0 bridgehead atoms. The van der Waals surface area contributed by atoms with Gasteiger partial charge in [0.05, 0.1) is 12.1 Å². The normalized spacial score (nSPS) is 15.3. The van der Waals surface area contributed by atoms with E-state index in [1.54, 1.807) is 0 Å². The number of aryl methyl sites for hydroxylation is 1. The molecular weight excluding hydrogens is 597 g/mol. The van der Waals surface area contributed by atoms with Gasteiger partial charge >= 0.3 is 0 Å². The Hall–Kier alpha value is -6.13. The lowest BCUT2D eigenvalue weighted by Crippen LogP contribution is -2.10. The minimum atomic E-state index is 0.674. The number of aliphatic imine (C=N–C) groups is 1. The molecule has 4 heteroatoms. The number of nitrogens with zero attached hydrogens (tertiary/aromatic N) is 4. The van der Waals surface area contributed by atoms with Crippen molar-refractivity contribution in [3.05, 3.63) is 175 Å². The number of fused-ring (bicyclic) bond motifs is 2. The number of benzene rings is 4. The summed E-state index contributed by atoms with van der Waals surface area (Å²) in [5, 5.41) is 1.14. The zero-order valence-corrected chi connectivity index (χ0v) is 27.3. The third kappa shape index (κ3) is 6.67. The highest BCUT2D eigenvalue weighted by Gasteiger charge is 2.15. The molecule has 8 rings (SSSR count). The zero-order chi connectivity index (χ0) is 32.8. The topological polar surface area (TPSA) is 41.4 Å². The Morgan fingerprint density at radius 2 is 1.29 bits per heavy atom. The molecule has 0 saturated heterocycles. The van der Waals surface area contributed by atoms with E-state index in [4.69, 9.17) is 4.98 Å². The van der Waals surface area contributed by atoms with Crippen LogP contribution in [-0.2, 0) is 6.42 Å². The number of allylic oxidation sites excluding steroid dienone is 6. The first-order chi connectivity index (χ1) is 24.3. The van der Waals surface area contributed by atoms with Crippen molar-refractivity contribution in [1.82, 2.24) is 9.97 Å². The smallest absolute Gasteiger partial charge is 0.0702 e. The summed E-state index contributed by atoms with van der Waals surface area (Å²) in [5.74, 6) is 0. The van der Waals surface area contributed by atoms with E-state index in [9.17, 15) is 0 Å². The van der Waals surface area contributed by atoms with E-state index in [0.717, 1.165) is 69.5 Å². The van der Waals surface area contributed by atoms with Gasteiger partial charge < -0.3 is 4.90 Å². The van der Waals surface area contributed by atoms with Crippen molar-refractivity contribution in [3.8, 4) is 22.3 Å². The minimum Gasteiger partial charge on any atom is -0.311 e. The van der Waals surface area contributed by atoms with Crippen LogP contribution in [0.15, 0.2) is 163 Å². The second kappa shape index (κ2) is 13.9. The van der Waals surface area contributed by atoms with Gasteiger partial charge in [0.15, 0.2) is 0 Å². The average molecular weight is 633 g/mol. The Labute approximate surface area is 287 Å². The Morgan fingerprint density at radius 1 is 0.592 bits per heavy atom. The molecule has 0 N–H and O–H groups in total. The zero-order valence-electron chi connectivity index (χ0n) is 27.3. The number of anilines is 3. The maximum Gasteiger partial charge on any atom is 0.0702 e. The summed E-state index contributed by atoms with van der Waals surface area (Å²) in [4.78, 5) is 16.2. The third-order valence-corrected chi connectivity index (χ3v) is 9.13. The van der Waals surface area contributed by atoms with Crippen LogP contribution in [0.3, 0.4) is 0 Å². The number of rotatable bonds is 6. The molecule has 236 valence electrons. The summed E-state index contributed by atoms with van der Waals surface area (Å²) < 4.78 is 0. The first kappa shape index (κ1) is 30.2. The van der Waals surface area contributed by atoms with E-state index < -0.39 is 0 Å². The lowest BCUT2D eigenvalue weighted by Gasteiger charge is -2.26. The van der Waals surface area contributed by atoms with Gasteiger partial charge in [-0.25, -0.2) is 0 Å². The van der Waals surface area contributed by atoms with Gasteiger partial charge in [-0.3, -0.25) is 15.0 Å². The van der Waals surface area contributed by atoms with Crippen molar-refractivity contribution >= 4 is 45.8 Å². The van der Waals surface area contributed by atoms with Crippen LogP contribution in [0.5, 0.6) is 0 Å². The highest BCUT2D eigenvalue weighted by Crippen LogP contribution is 2.38. The average Bonchev–Trinajstić information content (AvgIpc) is 3.17. The number of hydrogen-bond donors (Lipinski definition) is 0. The van der Waals surface area contributed by atoms with Crippen LogP contribution in [0.1, 0.15) is 29.7 Å². The Morgan fingerprint density at radius 3 is 2.06 bits per heavy atom. The largest absolute Gasteiger partial charge is 0.311 e. The highest BCUT2D eigenvalue weighted by atomic mass is 15.1. The molecule has 0 spiro atoms. The summed E-state index contributed by atoms with van der Waals surface area (Å²) in [6, 6.07) is 39.3. The summed E-state index contributed by atoms with van der Waals surface area (Å²) in [6.45, 7) is 0.674. The molecule has 2 aromatic heterocycles. The van der Waals surface area contributed by atoms with E-state index in [1.165, 1.54) is 22.4 Å². The molecule has 4 nitrogen and oxygen atoms in total. The monoisotopic (exact) mass is 632 g/mol. The molecule has 0 unspecified atom stereocenters. The van der Waals surface area contributed by atoms with Gasteiger partial charge in [0.2, 0.25) is 0 Å². The van der Waals surface area contributed by atoms with Crippen molar-refractivity contribution in [2.24, 2.45) is 4.99 Å². The molecule has 0 amide bonds. The van der Waals surface area contributed by atoms with Gasteiger partial charge in [0, 0.05) is 52.3 Å². The molecule has 1 aliphatic carbocycles. The Kier molecular flexibility index (Phi) is 8.59. The first-order valence-corrected chi connectivity index (χ1v) is 16.9. The van der Waals surface area contributed by atoms with E-state index in [2.05, 4.69) is 161 Å². The number of hydrogen-bond acceptors (Lipinski definition) is 4. The van der Waals surface area contributed by atoms with Crippen LogP contribution in [0.4, 0.5) is 17.1 Å². The predicted molar refractivity (Wildman–Crippen MR) is 207 cm³/mol.